The molecule has 2 atom stereocenters. The van der Waals surface area contributed by atoms with E-state index >= 15 is 0 Å². The first-order chi connectivity index (χ1) is 17.1. The van der Waals surface area contributed by atoms with Crippen LogP contribution in [0.4, 0.5) is 4.39 Å². The second-order valence-electron chi connectivity index (χ2n) is 10.3. The summed E-state index contributed by atoms with van der Waals surface area (Å²) in [5, 5.41) is 2.83. The molecule has 3 aromatic rings. The van der Waals surface area contributed by atoms with E-state index in [2.05, 4.69) is 5.32 Å². The van der Waals surface area contributed by atoms with Gasteiger partial charge in [-0.15, -0.1) is 0 Å². The number of carbonyl (C=O) groups excluding carboxylic acids is 2. The van der Waals surface area contributed by atoms with Gasteiger partial charge in [-0.25, -0.2) is 4.39 Å². The zero-order valence-electron chi connectivity index (χ0n) is 21.3. The van der Waals surface area contributed by atoms with Crippen molar-refractivity contribution in [2.75, 3.05) is 6.54 Å². The summed E-state index contributed by atoms with van der Waals surface area (Å²) in [4.78, 5) is 28.0. The number of rotatable bonds is 6. The molecule has 5 nitrogen and oxygen atoms in total. The van der Waals surface area contributed by atoms with Crippen LogP contribution in [0.5, 0.6) is 5.75 Å². The maximum Gasteiger partial charge on any atom is 0.261 e. The molecule has 1 heterocycles. The van der Waals surface area contributed by atoms with Crippen molar-refractivity contribution in [2.45, 2.75) is 52.8 Å². The van der Waals surface area contributed by atoms with Gasteiger partial charge in [-0.2, -0.15) is 0 Å². The van der Waals surface area contributed by atoms with E-state index in [0.717, 1.165) is 23.1 Å². The molecule has 0 spiro atoms. The molecule has 1 N–H and O–H groups in total. The smallest absolute Gasteiger partial charge is 0.261 e. The fourth-order valence-electron chi connectivity index (χ4n) is 4.50. The van der Waals surface area contributed by atoms with Crippen molar-refractivity contribution in [1.82, 2.24) is 10.2 Å². The minimum absolute atomic E-state index is 0.0989. The first kappa shape index (κ1) is 25.4. The summed E-state index contributed by atoms with van der Waals surface area (Å²) in [6.07, 6.45) is 0.0312. The molecule has 0 saturated heterocycles. The second kappa shape index (κ2) is 10.5. The molecular weight excluding hydrogens is 455 g/mol. The van der Waals surface area contributed by atoms with Gasteiger partial charge in [0.05, 0.1) is 6.04 Å². The van der Waals surface area contributed by atoms with Crippen molar-refractivity contribution in [3.8, 4) is 5.75 Å². The Balaban J connectivity index is 1.55. The molecule has 3 aromatic carbocycles. The van der Waals surface area contributed by atoms with Gasteiger partial charge >= 0.3 is 0 Å². The number of nitrogens with one attached hydrogen (secondary N) is 1. The van der Waals surface area contributed by atoms with Gasteiger partial charge in [-0.3, -0.25) is 9.59 Å². The van der Waals surface area contributed by atoms with Gasteiger partial charge in [-0.05, 0) is 59.9 Å². The first-order valence-corrected chi connectivity index (χ1v) is 12.3. The molecule has 2 amide bonds. The van der Waals surface area contributed by atoms with E-state index in [4.69, 9.17) is 4.74 Å². The lowest BCUT2D eigenvalue weighted by molar-refractivity contribution is -0.141. The topological polar surface area (TPSA) is 58.6 Å². The van der Waals surface area contributed by atoms with Crippen molar-refractivity contribution in [2.24, 2.45) is 5.41 Å². The molecule has 2 unspecified atom stereocenters. The first-order valence-electron chi connectivity index (χ1n) is 12.3. The standard InChI is InChI=1S/C30H33FN2O3/c1-20(28(34)32-19-21-10-13-24(31)14-11-21)36-25-15-12-22-16-17-33(29(35)30(2,3)4)27(26(22)18-25)23-8-6-5-7-9-23/h5-15,18,20,27H,16-17,19H2,1-4H3,(H,32,34). The van der Waals surface area contributed by atoms with Crippen LogP contribution in [0.1, 0.15) is 56.0 Å². The van der Waals surface area contributed by atoms with Gasteiger partial charge in [0, 0.05) is 18.5 Å². The van der Waals surface area contributed by atoms with E-state index in [1.54, 1.807) is 19.1 Å². The summed E-state index contributed by atoms with van der Waals surface area (Å²) in [5.41, 5.74) is 3.53. The number of carbonyl (C=O) groups is 2. The fourth-order valence-corrected chi connectivity index (χ4v) is 4.50. The van der Waals surface area contributed by atoms with Crippen LogP contribution < -0.4 is 10.1 Å². The largest absolute Gasteiger partial charge is 0.481 e. The Morgan fingerprint density at radius 3 is 2.42 bits per heavy atom. The predicted octanol–water partition coefficient (Wildman–Crippen LogP) is 5.43. The summed E-state index contributed by atoms with van der Waals surface area (Å²) in [5.74, 6) is 0.0954. The van der Waals surface area contributed by atoms with Gasteiger partial charge in [0.25, 0.3) is 5.91 Å². The summed E-state index contributed by atoms with van der Waals surface area (Å²) in [6.45, 7) is 8.46. The summed E-state index contributed by atoms with van der Waals surface area (Å²) >= 11 is 0. The molecule has 0 fully saturated rings. The third-order valence-electron chi connectivity index (χ3n) is 6.43. The van der Waals surface area contributed by atoms with Crippen LogP contribution in [-0.2, 0) is 22.6 Å². The number of ether oxygens (including phenoxy) is 1. The van der Waals surface area contributed by atoms with Crippen molar-refractivity contribution in [1.29, 1.82) is 0 Å². The van der Waals surface area contributed by atoms with Crippen LogP contribution in [0.15, 0.2) is 72.8 Å². The molecule has 0 bridgehead atoms. The van der Waals surface area contributed by atoms with Gasteiger partial charge in [0.2, 0.25) is 5.91 Å². The van der Waals surface area contributed by atoms with E-state index in [-0.39, 0.29) is 30.2 Å². The van der Waals surface area contributed by atoms with E-state index in [9.17, 15) is 14.0 Å². The van der Waals surface area contributed by atoms with Crippen LogP contribution in [0, 0.1) is 11.2 Å². The summed E-state index contributed by atoms with van der Waals surface area (Å²) in [6, 6.07) is 21.7. The van der Waals surface area contributed by atoms with Gasteiger partial charge in [-0.1, -0.05) is 69.3 Å². The molecular formula is C30H33FN2O3. The molecule has 0 aliphatic carbocycles. The molecule has 1 aliphatic heterocycles. The zero-order chi connectivity index (χ0) is 25.9. The van der Waals surface area contributed by atoms with Crippen LogP contribution in [0.2, 0.25) is 0 Å². The normalized spacial score (nSPS) is 16.1. The van der Waals surface area contributed by atoms with Crippen molar-refractivity contribution < 1.29 is 18.7 Å². The van der Waals surface area contributed by atoms with Crippen molar-refractivity contribution >= 4 is 11.8 Å². The highest BCUT2D eigenvalue weighted by molar-refractivity contribution is 5.83. The SMILES string of the molecule is CC(Oc1ccc2c(c1)C(c1ccccc1)N(C(=O)C(C)(C)C)CC2)C(=O)NCc1ccc(F)cc1. The molecule has 6 heteroatoms. The lowest BCUT2D eigenvalue weighted by Crippen LogP contribution is -2.45. The Hall–Kier alpha value is -3.67. The van der Waals surface area contributed by atoms with Gasteiger partial charge in [0.15, 0.2) is 6.10 Å². The average Bonchev–Trinajstić information content (AvgIpc) is 2.87. The molecule has 0 aromatic heterocycles. The molecule has 4 rings (SSSR count). The lowest BCUT2D eigenvalue weighted by Gasteiger charge is -2.41. The number of hydrogen-bond acceptors (Lipinski definition) is 3. The van der Waals surface area contributed by atoms with E-state index < -0.39 is 11.5 Å². The number of halogens is 1. The summed E-state index contributed by atoms with van der Waals surface area (Å²) < 4.78 is 19.1. The third kappa shape index (κ3) is 5.76. The Morgan fingerprint density at radius 2 is 1.75 bits per heavy atom. The third-order valence-corrected chi connectivity index (χ3v) is 6.43. The van der Waals surface area contributed by atoms with E-state index in [1.165, 1.54) is 17.7 Å². The predicted molar refractivity (Wildman–Crippen MR) is 138 cm³/mol. The quantitative estimate of drug-likeness (QED) is 0.503. The minimum atomic E-state index is -0.727. The van der Waals surface area contributed by atoms with Gasteiger partial charge in [0.1, 0.15) is 11.6 Å². The second-order valence-corrected chi connectivity index (χ2v) is 10.3. The molecule has 0 radical (unpaired) electrons. The number of fused-ring (bicyclic) bond motifs is 1. The molecule has 36 heavy (non-hydrogen) atoms. The molecule has 0 saturated carbocycles. The van der Waals surface area contributed by atoms with Crippen LogP contribution in [-0.4, -0.2) is 29.4 Å². The maximum atomic E-state index is 13.4. The van der Waals surface area contributed by atoms with E-state index in [1.807, 2.05) is 74.2 Å². The summed E-state index contributed by atoms with van der Waals surface area (Å²) in [7, 11) is 0. The highest BCUT2D eigenvalue weighted by Crippen LogP contribution is 2.39. The lowest BCUT2D eigenvalue weighted by atomic mass is 9.85. The molecule has 188 valence electrons. The Labute approximate surface area is 212 Å². The number of amides is 2. The van der Waals surface area contributed by atoms with Gasteiger partial charge < -0.3 is 15.0 Å². The highest BCUT2D eigenvalue weighted by Gasteiger charge is 2.37. The van der Waals surface area contributed by atoms with E-state index in [0.29, 0.717) is 12.3 Å². The molecule has 1 aliphatic rings. The highest BCUT2D eigenvalue weighted by atomic mass is 19.1. The van der Waals surface area contributed by atoms with Crippen LogP contribution >= 0.6 is 0 Å². The Kier molecular flexibility index (Phi) is 7.43. The van der Waals surface area contributed by atoms with Crippen molar-refractivity contribution in [3.63, 3.8) is 0 Å². The number of hydrogen-bond donors (Lipinski definition) is 1. The Bertz CT molecular complexity index is 1220. The monoisotopic (exact) mass is 488 g/mol. The average molecular weight is 489 g/mol. The fraction of sp³-hybridized carbons (Fsp3) is 0.333. The number of nitrogens with zero attached hydrogens (tertiary/aromatic N) is 1. The Morgan fingerprint density at radius 1 is 1.06 bits per heavy atom. The zero-order valence-corrected chi connectivity index (χ0v) is 21.3. The van der Waals surface area contributed by atoms with Crippen molar-refractivity contribution in [3.05, 3.63) is 101 Å². The van der Waals surface area contributed by atoms with Crippen LogP contribution in [0.3, 0.4) is 0 Å². The maximum absolute atomic E-state index is 13.4. The number of benzene rings is 3. The minimum Gasteiger partial charge on any atom is -0.481 e. The van der Waals surface area contributed by atoms with Crippen LogP contribution in [0.25, 0.3) is 0 Å².